The molecule has 0 aliphatic heterocycles. The van der Waals surface area contributed by atoms with Gasteiger partial charge in [0.05, 0.1) is 12.8 Å². The minimum atomic E-state index is -0.127. The van der Waals surface area contributed by atoms with Crippen molar-refractivity contribution in [1.82, 2.24) is 19.8 Å². The van der Waals surface area contributed by atoms with Crippen molar-refractivity contribution in [2.75, 3.05) is 27.3 Å². The lowest BCUT2D eigenvalue weighted by molar-refractivity contribution is -0.130. The van der Waals surface area contributed by atoms with E-state index in [4.69, 9.17) is 21.7 Å². The molecule has 0 aliphatic carbocycles. The molecule has 1 aromatic carbocycles. The highest BCUT2D eigenvalue weighted by Gasteiger charge is 2.10. The SMILES string of the molecule is CCOc1cc(/C=N\n2cn[nH]c2=S)ccc1OCC(=O)N(C)C. The highest BCUT2D eigenvalue weighted by Crippen LogP contribution is 2.28. The number of likely N-dealkylation sites (N-methyl/N-ethyl adjacent to an activating group) is 1. The topological polar surface area (TPSA) is 84.7 Å². The van der Waals surface area contributed by atoms with Crippen LogP contribution >= 0.6 is 12.2 Å². The first-order chi connectivity index (χ1) is 11.5. The Morgan fingerprint density at radius 3 is 2.83 bits per heavy atom. The smallest absolute Gasteiger partial charge is 0.259 e. The molecule has 128 valence electrons. The number of amides is 1. The van der Waals surface area contributed by atoms with Crippen molar-refractivity contribution in [1.29, 1.82) is 0 Å². The number of nitrogens with one attached hydrogen (secondary N) is 1. The minimum Gasteiger partial charge on any atom is -0.490 e. The average Bonchev–Trinajstić information content (AvgIpc) is 2.97. The van der Waals surface area contributed by atoms with Crippen LogP contribution in [0, 0.1) is 4.77 Å². The molecular weight excluding hydrogens is 330 g/mol. The first-order valence-corrected chi connectivity index (χ1v) is 7.68. The minimum absolute atomic E-state index is 0.0509. The molecule has 1 aromatic heterocycles. The van der Waals surface area contributed by atoms with E-state index in [1.54, 1.807) is 32.4 Å². The summed E-state index contributed by atoms with van der Waals surface area (Å²) in [5, 5.41) is 10.6. The largest absolute Gasteiger partial charge is 0.490 e. The summed E-state index contributed by atoms with van der Waals surface area (Å²) in [6.45, 7) is 2.30. The van der Waals surface area contributed by atoms with Gasteiger partial charge < -0.3 is 14.4 Å². The summed E-state index contributed by atoms with van der Waals surface area (Å²) in [6.07, 6.45) is 3.11. The van der Waals surface area contributed by atoms with Crippen LogP contribution in [0.5, 0.6) is 11.5 Å². The Morgan fingerprint density at radius 1 is 1.42 bits per heavy atom. The van der Waals surface area contributed by atoms with Crippen molar-refractivity contribution in [2.24, 2.45) is 5.10 Å². The van der Waals surface area contributed by atoms with Gasteiger partial charge in [0.1, 0.15) is 6.33 Å². The van der Waals surface area contributed by atoms with Crippen molar-refractivity contribution >= 4 is 24.3 Å². The molecule has 8 nitrogen and oxygen atoms in total. The van der Waals surface area contributed by atoms with Crippen molar-refractivity contribution < 1.29 is 14.3 Å². The highest BCUT2D eigenvalue weighted by molar-refractivity contribution is 7.71. The number of hydrogen-bond acceptors (Lipinski definition) is 6. The first-order valence-electron chi connectivity index (χ1n) is 7.27. The second-order valence-electron chi connectivity index (χ2n) is 4.97. The number of benzene rings is 1. The zero-order valence-electron chi connectivity index (χ0n) is 13.7. The number of aromatic nitrogens is 3. The van der Waals surface area contributed by atoms with Crippen LogP contribution in [-0.4, -0.2) is 59.2 Å². The van der Waals surface area contributed by atoms with Crippen molar-refractivity contribution in [3.63, 3.8) is 0 Å². The highest BCUT2D eigenvalue weighted by atomic mass is 32.1. The predicted molar refractivity (Wildman–Crippen MR) is 92.2 cm³/mol. The molecule has 0 saturated heterocycles. The Morgan fingerprint density at radius 2 is 2.21 bits per heavy atom. The zero-order valence-corrected chi connectivity index (χ0v) is 14.5. The lowest BCUT2D eigenvalue weighted by Gasteiger charge is -2.14. The number of nitrogens with zero attached hydrogens (tertiary/aromatic N) is 4. The Balaban J connectivity index is 2.16. The van der Waals surface area contributed by atoms with Gasteiger partial charge in [0, 0.05) is 14.1 Å². The van der Waals surface area contributed by atoms with E-state index in [0.29, 0.717) is 22.9 Å². The average molecular weight is 349 g/mol. The summed E-state index contributed by atoms with van der Waals surface area (Å²) in [5.74, 6) is 0.922. The molecule has 0 spiro atoms. The first kappa shape index (κ1) is 17.7. The molecule has 0 unspecified atom stereocenters. The van der Waals surface area contributed by atoms with E-state index in [-0.39, 0.29) is 12.5 Å². The molecule has 1 amide bonds. The third-order valence-corrected chi connectivity index (χ3v) is 3.26. The van der Waals surface area contributed by atoms with E-state index in [1.165, 1.54) is 15.9 Å². The van der Waals surface area contributed by atoms with E-state index in [2.05, 4.69) is 15.3 Å². The van der Waals surface area contributed by atoms with Crippen LogP contribution in [-0.2, 0) is 4.79 Å². The van der Waals surface area contributed by atoms with Crippen LogP contribution in [0.15, 0.2) is 29.6 Å². The molecule has 24 heavy (non-hydrogen) atoms. The van der Waals surface area contributed by atoms with E-state index in [0.717, 1.165) is 5.56 Å². The maximum Gasteiger partial charge on any atom is 0.259 e. The molecule has 0 atom stereocenters. The van der Waals surface area contributed by atoms with Crippen LogP contribution in [0.4, 0.5) is 0 Å². The Labute approximate surface area is 144 Å². The predicted octanol–water partition coefficient (Wildman–Crippen LogP) is 1.69. The second-order valence-corrected chi connectivity index (χ2v) is 5.35. The fourth-order valence-electron chi connectivity index (χ4n) is 1.71. The van der Waals surface area contributed by atoms with Gasteiger partial charge in [0.25, 0.3) is 5.91 Å². The molecule has 0 aliphatic rings. The Bertz CT molecular complexity index is 781. The quantitative estimate of drug-likeness (QED) is 0.607. The van der Waals surface area contributed by atoms with Gasteiger partial charge in [-0.2, -0.15) is 14.9 Å². The lowest BCUT2D eigenvalue weighted by atomic mass is 10.2. The molecule has 1 heterocycles. The molecule has 0 bridgehead atoms. The number of hydrogen-bond donors (Lipinski definition) is 1. The summed E-state index contributed by atoms with van der Waals surface area (Å²) in [4.78, 5) is 13.1. The van der Waals surface area contributed by atoms with Crippen LogP contribution in [0.1, 0.15) is 12.5 Å². The fourth-order valence-corrected chi connectivity index (χ4v) is 1.86. The lowest BCUT2D eigenvalue weighted by Crippen LogP contribution is -2.27. The van der Waals surface area contributed by atoms with Crippen molar-refractivity contribution in [2.45, 2.75) is 6.92 Å². The number of rotatable bonds is 7. The third kappa shape index (κ3) is 4.66. The molecule has 1 N–H and O–H groups in total. The van der Waals surface area contributed by atoms with E-state index in [9.17, 15) is 4.79 Å². The summed E-state index contributed by atoms with van der Waals surface area (Å²) >= 11 is 5.02. The summed E-state index contributed by atoms with van der Waals surface area (Å²) in [7, 11) is 3.35. The standard InChI is InChI=1S/C15H19N5O3S/c1-4-22-13-7-11(8-17-20-10-16-18-15(20)24)5-6-12(13)23-9-14(21)19(2)3/h5-8,10H,4,9H2,1-3H3,(H,18,24)/b17-8-. The monoisotopic (exact) mass is 349 g/mol. The van der Waals surface area contributed by atoms with Crippen LogP contribution in [0.2, 0.25) is 0 Å². The summed E-state index contributed by atoms with van der Waals surface area (Å²) in [6, 6.07) is 5.33. The summed E-state index contributed by atoms with van der Waals surface area (Å²) in [5.41, 5.74) is 0.799. The molecule has 9 heteroatoms. The molecule has 0 fully saturated rings. The number of carbonyl (C=O) groups excluding carboxylic acids is 1. The van der Waals surface area contributed by atoms with Gasteiger partial charge in [-0.15, -0.1) is 0 Å². The number of ether oxygens (including phenoxy) is 2. The van der Waals surface area contributed by atoms with Crippen LogP contribution < -0.4 is 9.47 Å². The van der Waals surface area contributed by atoms with E-state index < -0.39 is 0 Å². The van der Waals surface area contributed by atoms with Crippen LogP contribution in [0.25, 0.3) is 0 Å². The molecule has 2 aromatic rings. The van der Waals surface area contributed by atoms with Gasteiger partial charge in [0.2, 0.25) is 4.77 Å². The van der Waals surface area contributed by atoms with Gasteiger partial charge >= 0.3 is 0 Å². The molecule has 0 radical (unpaired) electrons. The molecular formula is C15H19N5O3S. The van der Waals surface area contributed by atoms with E-state index >= 15 is 0 Å². The van der Waals surface area contributed by atoms with Gasteiger partial charge in [0.15, 0.2) is 18.1 Å². The maximum atomic E-state index is 11.6. The zero-order chi connectivity index (χ0) is 17.5. The van der Waals surface area contributed by atoms with E-state index in [1.807, 2.05) is 13.0 Å². The second kappa shape index (κ2) is 8.25. The maximum absolute atomic E-state index is 11.6. The number of aromatic amines is 1. The van der Waals surface area contributed by atoms with Crippen molar-refractivity contribution in [3.05, 3.63) is 34.9 Å². The molecule has 2 rings (SSSR count). The third-order valence-electron chi connectivity index (χ3n) is 2.98. The molecule has 0 saturated carbocycles. The van der Waals surface area contributed by atoms with Crippen LogP contribution in [0.3, 0.4) is 0 Å². The fraction of sp³-hybridized carbons (Fsp3) is 0.333. The van der Waals surface area contributed by atoms with Gasteiger partial charge in [-0.25, -0.2) is 0 Å². The number of H-pyrrole nitrogens is 1. The van der Waals surface area contributed by atoms with Gasteiger partial charge in [-0.3, -0.25) is 9.89 Å². The normalized spacial score (nSPS) is 10.8. The Kier molecular flexibility index (Phi) is 6.07. The summed E-state index contributed by atoms with van der Waals surface area (Å²) < 4.78 is 13.0. The number of carbonyl (C=O) groups is 1. The van der Waals surface area contributed by atoms with Gasteiger partial charge in [-0.05, 0) is 42.9 Å². The van der Waals surface area contributed by atoms with Gasteiger partial charge in [-0.1, -0.05) is 0 Å². The Hall–Kier alpha value is -2.68. The van der Waals surface area contributed by atoms with Crippen molar-refractivity contribution in [3.8, 4) is 11.5 Å².